The number of hydrogen-bond acceptors (Lipinski definition) is 4. The van der Waals surface area contributed by atoms with Crippen molar-refractivity contribution in [3.63, 3.8) is 0 Å². The van der Waals surface area contributed by atoms with Gasteiger partial charge >= 0.3 is 5.97 Å². The molecule has 3 aromatic carbocycles. The zero-order chi connectivity index (χ0) is 20.9. The van der Waals surface area contributed by atoms with E-state index in [1.807, 2.05) is 6.92 Å². The van der Waals surface area contributed by atoms with Crippen LogP contribution in [0.25, 0.3) is 10.8 Å². The molecule has 3 aromatic rings. The van der Waals surface area contributed by atoms with E-state index >= 15 is 0 Å². The van der Waals surface area contributed by atoms with Gasteiger partial charge in [-0.25, -0.2) is 13.2 Å². The van der Waals surface area contributed by atoms with Crippen LogP contribution in [0.15, 0.2) is 59.5 Å². The molecule has 1 aliphatic rings. The first kappa shape index (κ1) is 18.9. The smallest absolute Gasteiger partial charge is 0.337 e. The third kappa shape index (κ3) is 2.67. The number of rotatable bonds is 5. The molecule has 0 radical (unpaired) electrons. The highest BCUT2D eigenvalue weighted by atomic mass is 32.2. The summed E-state index contributed by atoms with van der Waals surface area (Å²) in [5, 5.41) is 10.5. The fourth-order valence-electron chi connectivity index (χ4n) is 3.76. The summed E-state index contributed by atoms with van der Waals surface area (Å²) < 4.78 is 27.8. The predicted molar refractivity (Wildman–Crippen MR) is 110 cm³/mol. The van der Waals surface area contributed by atoms with Crippen LogP contribution in [-0.4, -0.2) is 39.0 Å². The monoisotopic (exact) mass is 410 g/mol. The van der Waals surface area contributed by atoms with Gasteiger partial charge in [-0.3, -0.25) is 9.10 Å². The van der Waals surface area contributed by atoms with E-state index in [1.54, 1.807) is 35.2 Å². The first-order valence-electron chi connectivity index (χ1n) is 8.98. The molecule has 0 saturated carbocycles. The second-order valence-electron chi connectivity index (χ2n) is 6.66. The van der Waals surface area contributed by atoms with Gasteiger partial charge in [-0.2, -0.15) is 0 Å². The molecule has 29 heavy (non-hydrogen) atoms. The zero-order valence-electron chi connectivity index (χ0n) is 15.8. The van der Waals surface area contributed by atoms with E-state index < -0.39 is 16.0 Å². The third-order valence-electron chi connectivity index (χ3n) is 5.17. The Kier molecular flexibility index (Phi) is 4.31. The molecule has 0 aromatic heterocycles. The second kappa shape index (κ2) is 6.59. The van der Waals surface area contributed by atoms with Crippen molar-refractivity contribution in [2.45, 2.75) is 11.8 Å². The lowest BCUT2D eigenvalue weighted by Gasteiger charge is -2.22. The maximum absolute atomic E-state index is 13.4. The normalized spacial score (nSPS) is 13.2. The lowest BCUT2D eigenvalue weighted by atomic mass is 10.1. The number of hydrogen-bond donors (Lipinski definition) is 1. The molecule has 148 valence electrons. The molecular formula is C21H18N2O5S. The molecule has 7 nitrogen and oxygen atoms in total. The first-order valence-corrected chi connectivity index (χ1v) is 10.4. The molecule has 1 N–H and O–H groups in total. The number of nitrogens with zero attached hydrogens (tertiary/aromatic N) is 2. The molecule has 0 bridgehead atoms. The SMILES string of the molecule is CCN1C(=O)c2cccc3c(S(=O)(=O)N(C)c4ccccc4C(=O)O)ccc1c23. The Hall–Kier alpha value is -3.39. The van der Waals surface area contributed by atoms with E-state index in [9.17, 15) is 23.1 Å². The Morgan fingerprint density at radius 3 is 2.48 bits per heavy atom. The number of carboxylic acids is 1. The second-order valence-corrected chi connectivity index (χ2v) is 8.59. The molecule has 0 spiro atoms. The van der Waals surface area contributed by atoms with Crippen molar-refractivity contribution in [1.29, 1.82) is 0 Å². The summed E-state index contributed by atoms with van der Waals surface area (Å²) in [7, 11) is -2.76. The van der Waals surface area contributed by atoms with Gasteiger partial charge in [0.05, 0.1) is 21.8 Å². The summed E-state index contributed by atoms with van der Waals surface area (Å²) in [6.45, 7) is 2.33. The van der Waals surface area contributed by atoms with Gasteiger partial charge in [0.25, 0.3) is 15.9 Å². The van der Waals surface area contributed by atoms with E-state index in [-0.39, 0.29) is 22.1 Å². The minimum Gasteiger partial charge on any atom is -0.478 e. The van der Waals surface area contributed by atoms with Crippen LogP contribution in [0, 0.1) is 0 Å². The van der Waals surface area contributed by atoms with Crippen LogP contribution in [0.5, 0.6) is 0 Å². The maximum atomic E-state index is 13.4. The largest absolute Gasteiger partial charge is 0.478 e. The number of carboxylic acid groups (broad SMARTS) is 1. The summed E-state index contributed by atoms with van der Waals surface area (Å²) in [4.78, 5) is 25.8. The molecule has 0 saturated heterocycles. The fourth-order valence-corrected chi connectivity index (χ4v) is 5.17. The molecule has 1 heterocycles. The number of sulfonamides is 1. The lowest BCUT2D eigenvalue weighted by molar-refractivity contribution is 0.0697. The van der Waals surface area contributed by atoms with Gasteiger partial charge in [-0.1, -0.05) is 24.3 Å². The molecular weight excluding hydrogens is 392 g/mol. The number of para-hydroxylation sites is 1. The average Bonchev–Trinajstić information content (AvgIpc) is 3.00. The van der Waals surface area contributed by atoms with Crippen molar-refractivity contribution in [2.24, 2.45) is 0 Å². The molecule has 8 heteroatoms. The molecule has 0 aliphatic carbocycles. The summed E-state index contributed by atoms with van der Waals surface area (Å²) in [5.74, 6) is -1.38. The Morgan fingerprint density at radius 1 is 1.07 bits per heavy atom. The zero-order valence-corrected chi connectivity index (χ0v) is 16.6. The van der Waals surface area contributed by atoms with Crippen molar-refractivity contribution in [1.82, 2.24) is 0 Å². The van der Waals surface area contributed by atoms with Crippen molar-refractivity contribution < 1.29 is 23.1 Å². The summed E-state index contributed by atoms with van der Waals surface area (Å²) in [5.41, 5.74) is 1.09. The number of anilines is 2. The van der Waals surface area contributed by atoms with E-state index in [4.69, 9.17) is 0 Å². The van der Waals surface area contributed by atoms with Crippen molar-refractivity contribution in [2.75, 3.05) is 22.8 Å². The van der Waals surface area contributed by atoms with Crippen LogP contribution in [0.2, 0.25) is 0 Å². The topological polar surface area (TPSA) is 95.0 Å². The third-order valence-corrected chi connectivity index (χ3v) is 7.00. The highest BCUT2D eigenvalue weighted by molar-refractivity contribution is 7.93. The molecule has 0 fully saturated rings. The Balaban J connectivity index is 1.94. The fraction of sp³-hybridized carbons (Fsp3) is 0.143. The minimum absolute atomic E-state index is 0.0199. The number of aromatic carboxylic acids is 1. The predicted octanol–water partition coefficient (Wildman–Crippen LogP) is 3.34. The van der Waals surface area contributed by atoms with E-state index in [0.29, 0.717) is 28.6 Å². The van der Waals surface area contributed by atoms with Crippen LogP contribution in [0.4, 0.5) is 11.4 Å². The summed E-state index contributed by atoms with van der Waals surface area (Å²) in [6.07, 6.45) is 0. The van der Waals surface area contributed by atoms with Gasteiger partial charge in [0.1, 0.15) is 0 Å². The Labute approximate surface area is 167 Å². The Bertz CT molecular complexity index is 1280. The summed E-state index contributed by atoms with van der Waals surface area (Å²) >= 11 is 0. The van der Waals surface area contributed by atoms with Gasteiger partial charge < -0.3 is 10.0 Å². The van der Waals surface area contributed by atoms with Crippen molar-refractivity contribution >= 4 is 44.0 Å². The standard InChI is InChI=1S/C21H18N2O5S/c1-3-23-17-11-12-18(14-8-6-9-15(19(14)17)20(23)24)29(27,28)22(2)16-10-5-4-7-13(16)21(25)26/h4-12H,3H2,1-2H3,(H,25,26). The molecule has 0 atom stereocenters. The number of carbonyl (C=O) groups excluding carboxylic acids is 1. The van der Waals surface area contributed by atoms with Crippen LogP contribution in [0.3, 0.4) is 0 Å². The van der Waals surface area contributed by atoms with Crippen molar-refractivity contribution in [3.8, 4) is 0 Å². The first-order chi connectivity index (χ1) is 13.8. The van der Waals surface area contributed by atoms with Crippen LogP contribution in [0.1, 0.15) is 27.6 Å². The van der Waals surface area contributed by atoms with Crippen LogP contribution in [-0.2, 0) is 10.0 Å². The number of carbonyl (C=O) groups is 2. The minimum atomic E-state index is -4.08. The van der Waals surface area contributed by atoms with Gasteiger partial charge in [0, 0.05) is 29.9 Å². The average molecular weight is 410 g/mol. The lowest BCUT2D eigenvalue weighted by Crippen LogP contribution is -2.28. The van der Waals surface area contributed by atoms with Gasteiger partial charge in [0.15, 0.2) is 0 Å². The highest BCUT2D eigenvalue weighted by Crippen LogP contribution is 2.41. The molecule has 0 unspecified atom stereocenters. The van der Waals surface area contributed by atoms with Crippen molar-refractivity contribution in [3.05, 3.63) is 65.7 Å². The highest BCUT2D eigenvalue weighted by Gasteiger charge is 2.33. The van der Waals surface area contributed by atoms with Crippen LogP contribution >= 0.6 is 0 Å². The van der Waals surface area contributed by atoms with E-state index in [1.165, 1.54) is 31.3 Å². The van der Waals surface area contributed by atoms with Gasteiger partial charge in [-0.05, 0) is 37.3 Å². The molecule has 1 aliphatic heterocycles. The Morgan fingerprint density at radius 2 is 1.79 bits per heavy atom. The maximum Gasteiger partial charge on any atom is 0.337 e. The molecule has 4 rings (SSSR count). The summed E-state index contributed by atoms with van der Waals surface area (Å²) in [6, 6.07) is 14.0. The molecule has 1 amide bonds. The van der Waals surface area contributed by atoms with E-state index in [0.717, 1.165) is 4.31 Å². The van der Waals surface area contributed by atoms with Gasteiger partial charge in [-0.15, -0.1) is 0 Å². The van der Waals surface area contributed by atoms with Gasteiger partial charge in [0.2, 0.25) is 0 Å². The number of amides is 1. The number of benzene rings is 3. The quantitative estimate of drug-likeness (QED) is 0.696. The van der Waals surface area contributed by atoms with Crippen LogP contribution < -0.4 is 9.21 Å². The van der Waals surface area contributed by atoms with E-state index in [2.05, 4.69) is 0 Å².